The maximum absolute atomic E-state index is 5.98. The molecule has 0 bridgehead atoms. The molecule has 0 radical (unpaired) electrons. The zero-order chi connectivity index (χ0) is 10.7. The van der Waals surface area contributed by atoms with E-state index in [9.17, 15) is 0 Å². The molecule has 1 nitrogen and oxygen atoms in total. The van der Waals surface area contributed by atoms with E-state index < -0.39 is 0 Å². The van der Waals surface area contributed by atoms with E-state index in [1.165, 1.54) is 37.9 Å². The van der Waals surface area contributed by atoms with Crippen LogP contribution in [-0.4, -0.2) is 18.0 Å². The molecule has 1 aliphatic rings. The van der Waals surface area contributed by atoms with Crippen molar-refractivity contribution in [2.24, 2.45) is 0 Å². The summed E-state index contributed by atoms with van der Waals surface area (Å²) in [7, 11) is 0. The first-order valence-electron chi connectivity index (χ1n) is 5.42. The van der Waals surface area contributed by atoms with Gasteiger partial charge in [0.1, 0.15) is 0 Å². The monoisotopic (exact) mass is 243 g/mol. The van der Waals surface area contributed by atoms with Crippen LogP contribution in [0.3, 0.4) is 0 Å². The van der Waals surface area contributed by atoms with Crippen molar-refractivity contribution in [3.8, 4) is 0 Å². The number of benzene rings is 1. The van der Waals surface area contributed by atoms with Gasteiger partial charge in [-0.1, -0.05) is 35.7 Å². The summed E-state index contributed by atoms with van der Waals surface area (Å²) >= 11 is 11.9. The minimum absolute atomic E-state index is 0.638. The Kier molecular flexibility index (Phi) is 3.90. The summed E-state index contributed by atoms with van der Waals surface area (Å²) in [6.07, 6.45) is 4.01. The van der Waals surface area contributed by atoms with Crippen LogP contribution in [0.2, 0.25) is 10.0 Å². The molecule has 0 saturated carbocycles. The predicted molar refractivity (Wildman–Crippen MR) is 65.6 cm³/mol. The number of piperidine rings is 1. The van der Waals surface area contributed by atoms with Gasteiger partial charge in [-0.2, -0.15) is 0 Å². The third-order valence-electron chi connectivity index (χ3n) is 2.84. The lowest BCUT2D eigenvalue weighted by Gasteiger charge is -2.26. The normalized spacial score (nSPS) is 18.0. The lowest BCUT2D eigenvalue weighted by Crippen LogP contribution is -2.29. The molecule has 0 aliphatic carbocycles. The Labute approximate surface area is 101 Å². The van der Waals surface area contributed by atoms with E-state index in [0.717, 1.165) is 6.54 Å². The standard InChI is InChI=1S/C12H15Cl2N/c13-11-5-4-10(8-12(11)14)9-15-6-2-1-3-7-15/h4-5,8H,1-3,6-7,9H2. The van der Waals surface area contributed by atoms with Crippen molar-refractivity contribution in [1.29, 1.82) is 0 Å². The van der Waals surface area contributed by atoms with Crippen LogP contribution in [0.15, 0.2) is 18.2 Å². The molecular weight excluding hydrogens is 229 g/mol. The van der Waals surface area contributed by atoms with Gasteiger partial charge in [0, 0.05) is 6.54 Å². The van der Waals surface area contributed by atoms with Crippen LogP contribution in [0.4, 0.5) is 0 Å². The van der Waals surface area contributed by atoms with E-state index in [2.05, 4.69) is 11.0 Å². The number of halogens is 2. The second-order valence-corrected chi connectivity index (χ2v) is 4.90. The van der Waals surface area contributed by atoms with E-state index in [-0.39, 0.29) is 0 Å². The van der Waals surface area contributed by atoms with Crippen molar-refractivity contribution < 1.29 is 0 Å². The molecule has 1 heterocycles. The molecule has 3 heteroatoms. The van der Waals surface area contributed by atoms with Crippen molar-refractivity contribution in [2.75, 3.05) is 13.1 Å². The Morgan fingerprint density at radius 1 is 1.00 bits per heavy atom. The van der Waals surface area contributed by atoms with E-state index in [1.807, 2.05) is 12.1 Å². The van der Waals surface area contributed by atoms with Crippen LogP contribution in [0, 0.1) is 0 Å². The maximum atomic E-state index is 5.98. The highest BCUT2D eigenvalue weighted by Crippen LogP contribution is 2.23. The zero-order valence-corrected chi connectivity index (χ0v) is 10.2. The third kappa shape index (κ3) is 3.10. The average molecular weight is 244 g/mol. The first kappa shape index (κ1) is 11.3. The molecule has 0 unspecified atom stereocenters. The van der Waals surface area contributed by atoms with Gasteiger partial charge in [-0.05, 0) is 43.6 Å². The largest absolute Gasteiger partial charge is 0.299 e. The van der Waals surface area contributed by atoms with Gasteiger partial charge in [-0.15, -0.1) is 0 Å². The molecule has 1 saturated heterocycles. The second kappa shape index (κ2) is 5.20. The summed E-state index contributed by atoms with van der Waals surface area (Å²) in [4.78, 5) is 2.48. The van der Waals surface area contributed by atoms with Crippen molar-refractivity contribution >= 4 is 23.2 Å². The Morgan fingerprint density at radius 2 is 1.73 bits per heavy atom. The summed E-state index contributed by atoms with van der Waals surface area (Å²) in [6, 6.07) is 5.91. The van der Waals surface area contributed by atoms with Gasteiger partial charge >= 0.3 is 0 Å². The quantitative estimate of drug-likeness (QED) is 0.760. The fourth-order valence-corrected chi connectivity index (χ4v) is 2.33. The maximum Gasteiger partial charge on any atom is 0.0595 e. The van der Waals surface area contributed by atoms with Crippen LogP contribution in [-0.2, 0) is 6.54 Å². The lowest BCUT2D eigenvalue weighted by atomic mass is 10.1. The van der Waals surface area contributed by atoms with Gasteiger partial charge < -0.3 is 0 Å². The lowest BCUT2D eigenvalue weighted by molar-refractivity contribution is 0.221. The molecule has 0 amide bonds. The number of hydrogen-bond donors (Lipinski definition) is 0. The first-order valence-corrected chi connectivity index (χ1v) is 6.17. The summed E-state index contributed by atoms with van der Waals surface area (Å²) in [5, 5.41) is 1.30. The highest BCUT2D eigenvalue weighted by atomic mass is 35.5. The average Bonchev–Trinajstić information content (AvgIpc) is 2.25. The van der Waals surface area contributed by atoms with Crippen LogP contribution < -0.4 is 0 Å². The van der Waals surface area contributed by atoms with Crippen molar-refractivity contribution in [3.63, 3.8) is 0 Å². The molecular formula is C12H15Cl2N. The number of rotatable bonds is 2. The summed E-state index contributed by atoms with van der Waals surface area (Å²) in [5.41, 5.74) is 1.26. The molecule has 15 heavy (non-hydrogen) atoms. The highest BCUT2D eigenvalue weighted by Gasteiger charge is 2.10. The fraction of sp³-hybridized carbons (Fsp3) is 0.500. The Bertz CT molecular complexity index is 332. The van der Waals surface area contributed by atoms with E-state index in [0.29, 0.717) is 10.0 Å². The molecule has 0 spiro atoms. The van der Waals surface area contributed by atoms with Gasteiger partial charge in [-0.25, -0.2) is 0 Å². The van der Waals surface area contributed by atoms with Crippen molar-refractivity contribution in [3.05, 3.63) is 33.8 Å². The Balaban J connectivity index is 2.00. The zero-order valence-electron chi connectivity index (χ0n) is 8.68. The van der Waals surface area contributed by atoms with Gasteiger partial charge in [-0.3, -0.25) is 4.90 Å². The number of hydrogen-bond acceptors (Lipinski definition) is 1. The van der Waals surface area contributed by atoms with Gasteiger partial charge in [0.15, 0.2) is 0 Å². The smallest absolute Gasteiger partial charge is 0.0595 e. The first-order chi connectivity index (χ1) is 7.25. The van der Waals surface area contributed by atoms with Crippen LogP contribution in [0.5, 0.6) is 0 Å². The van der Waals surface area contributed by atoms with Gasteiger partial charge in [0.05, 0.1) is 10.0 Å². The van der Waals surface area contributed by atoms with E-state index >= 15 is 0 Å². The SMILES string of the molecule is Clc1ccc(CN2CCCCC2)cc1Cl. The van der Waals surface area contributed by atoms with Crippen LogP contribution >= 0.6 is 23.2 Å². The minimum atomic E-state index is 0.638. The van der Waals surface area contributed by atoms with Crippen LogP contribution in [0.1, 0.15) is 24.8 Å². The van der Waals surface area contributed by atoms with Crippen LogP contribution in [0.25, 0.3) is 0 Å². The van der Waals surface area contributed by atoms with Crippen molar-refractivity contribution in [2.45, 2.75) is 25.8 Å². The number of nitrogens with zero attached hydrogens (tertiary/aromatic N) is 1. The van der Waals surface area contributed by atoms with E-state index in [1.54, 1.807) is 0 Å². The molecule has 2 rings (SSSR count). The Hall–Kier alpha value is -0.240. The predicted octanol–water partition coefficient (Wildman–Crippen LogP) is 3.98. The molecule has 1 aromatic rings. The second-order valence-electron chi connectivity index (χ2n) is 4.09. The molecule has 1 aliphatic heterocycles. The summed E-state index contributed by atoms with van der Waals surface area (Å²) in [5.74, 6) is 0. The third-order valence-corrected chi connectivity index (χ3v) is 3.58. The molecule has 1 aromatic carbocycles. The summed E-state index contributed by atoms with van der Waals surface area (Å²) < 4.78 is 0. The molecule has 0 atom stereocenters. The topological polar surface area (TPSA) is 3.24 Å². The van der Waals surface area contributed by atoms with E-state index in [4.69, 9.17) is 23.2 Å². The van der Waals surface area contributed by atoms with Gasteiger partial charge in [0.2, 0.25) is 0 Å². The molecule has 0 aromatic heterocycles. The Morgan fingerprint density at radius 3 is 2.40 bits per heavy atom. The minimum Gasteiger partial charge on any atom is -0.299 e. The molecule has 1 fully saturated rings. The fourth-order valence-electron chi connectivity index (χ4n) is 2.01. The van der Waals surface area contributed by atoms with Crippen molar-refractivity contribution in [1.82, 2.24) is 4.90 Å². The summed E-state index contributed by atoms with van der Waals surface area (Å²) in [6.45, 7) is 3.41. The molecule has 0 N–H and O–H groups in total. The number of likely N-dealkylation sites (tertiary alicyclic amines) is 1. The molecule has 82 valence electrons. The highest BCUT2D eigenvalue weighted by molar-refractivity contribution is 6.42. The van der Waals surface area contributed by atoms with Gasteiger partial charge in [0.25, 0.3) is 0 Å².